The number of esters is 1. The number of ether oxygens (including phenoxy) is 3. The van der Waals surface area contributed by atoms with Gasteiger partial charge >= 0.3 is 5.97 Å². The summed E-state index contributed by atoms with van der Waals surface area (Å²) < 4.78 is 25.9. The highest BCUT2D eigenvalue weighted by Crippen LogP contribution is 2.69. The molecule has 0 spiro atoms. The molecule has 3 fully saturated rings. The molecule has 3 rings (SSSR count). The third-order valence-electron chi connectivity index (χ3n) is 8.33. The number of carbonyl (C=O) groups excluding carboxylic acids is 1. The van der Waals surface area contributed by atoms with Crippen LogP contribution in [0.3, 0.4) is 0 Å². The highest BCUT2D eigenvalue weighted by Gasteiger charge is 2.80. The summed E-state index contributed by atoms with van der Waals surface area (Å²) in [4.78, 5) is 12.1. The van der Waals surface area contributed by atoms with Crippen LogP contribution in [0.5, 0.6) is 0 Å². The van der Waals surface area contributed by atoms with Crippen LogP contribution in [0.25, 0.3) is 0 Å². The fourth-order valence-electron chi connectivity index (χ4n) is 5.90. The lowest BCUT2D eigenvalue weighted by atomic mass is 9.86. The van der Waals surface area contributed by atoms with Gasteiger partial charge in [0.2, 0.25) is 0 Å². The van der Waals surface area contributed by atoms with Crippen molar-refractivity contribution >= 4 is 14.3 Å². The van der Waals surface area contributed by atoms with E-state index >= 15 is 0 Å². The van der Waals surface area contributed by atoms with Gasteiger partial charge in [0.1, 0.15) is 12.2 Å². The Labute approximate surface area is 196 Å². The molecule has 2 saturated heterocycles. The summed E-state index contributed by atoms with van der Waals surface area (Å²) in [6, 6.07) is 3.42. The van der Waals surface area contributed by atoms with E-state index < -0.39 is 19.5 Å². The Morgan fingerprint density at radius 1 is 1.19 bits per heavy atom. The topological polar surface area (TPSA) is 54.0 Å². The zero-order chi connectivity index (χ0) is 24.1. The zero-order valence-electron chi connectivity index (χ0n) is 22.0. The van der Waals surface area contributed by atoms with Gasteiger partial charge < -0.3 is 18.6 Å². The van der Waals surface area contributed by atoms with E-state index in [1.807, 2.05) is 27.7 Å². The second-order valence-electron chi connectivity index (χ2n) is 11.7. The Balaban J connectivity index is 1.72. The summed E-state index contributed by atoms with van der Waals surface area (Å²) in [6.45, 7) is 21.4. The van der Waals surface area contributed by atoms with E-state index in [2.05, 4.69) is 47.6 Å². The average molecular weight is 467 g/mol. The molecule has 0 aromatic carbocycles. The number of hydrogen-bond acceptors (Lipinski definition) is 5. The minimum absolute atomic E-state index is 0.0567. The van der Waals surface area contributed by atoms with Gasteiger partial charge in [0.05, 0.1) is 17.6 Å². The summed E-state index contributed by atoms with van der Waals surface area (Å²) in [7, 11) is -1.77. The van der Waals surface area contributed by atoms with Crippen molar-refractivity contribution in [3.05, 3.63) is 11.6 Å². The maximum atomic E-state index is 12.1. The molecule has 0 unspecified atom stereocenters. The largest absolute Gasteiger partial charge is 0.461 e. The van der Waals surface area contributed by atoms with Gasteiger partial charge in [-0.15, -0.1) is 0 Å². The van der Waals surface area contributed by atoms with Crippen LogP contribution < -0.4 is 0 Å². The average Bonchev–Trinajstić information content (AvgIpc) is 3.42. The Bertz CT molecular complexity index is 731. The van der Waals surface area contributed by atoms with Gasteiger partial charge in [-0.3, -0.25) is 4.79 Å². The standard InChI is InChI=1S/C26H46O5Si/c1-11-32(12-2,13-3)31-26-15-20(26)22-19(6)21(29-25(26,10)30-22)18(5)14-17(4)16-28-23(27)24(7,8)9/h14,18-22H,11-13,15-16H2,1-10H3/b17-14+/t18-,19-,20+,21-,22+,25+,26-/m1/s1. The quantitative estimate of drug-likeness (QED) is 0.234. The molecule has 5 nitrogen and oxygen atoms in total. The van der Waals surface area contributed by atoms with Gasteiger partial charge in [0, 0.05) is 17.8 Å². The van der Waals surface area contributed by atoms with Gasteiger partial charge in [-0.2, -0.15) is 0 Å². The van der Waals surface area contributed by atoms with Crippen LogP contribution in [0.4, 0.5) is 0 Å². The first-order valence-corrected chi connectivity index (χ1v) is 15.2. The second kappa shape index (κ2) is 8.83. The van der Waals surface area contributed by atoms with E-state index in [-0.39, 0.29) is 35.6 Å². The molecule has 32 heavy (non-hydrogen) atoms. The first-order chi connectivity index (χ1) is 14.8. The number of carbonyl (C=O) groups is 1. The van der Waals surface area contributed by atoms with E-state index in [0.717, 1.165) is 30.1 Å². The normalized spacial score (nSPS) is 37.8. The molecule has 0 N–H and O–H groups in total. The smallest absolute Gasteiger partial charge is 0.311 e. The van der Waals surface area contributed by atoms with Crippen LogP contribution in [-0.2, 0) is 23.4 Å². The molecule has 1 saturated carbocycles. The number of hydrogen-bond donors (Lipinski definition) is 0. The van der Waals surface area contributed by atoms with Gasteiger partial charge in [0.25, 0.3) is 0 Å². The Kier molecular flexibility index (Phi) is 7.15. The van der Waals surface area contributed by atoms with Crippen LogP contribution in [-0.4, -0.2) is 44.5 Å². The van der Waals surface area contributed by atoms with Crippen LogP contribution in [0.1, 0.15) is 75.7 Å². The molecular formula is C26H46O5Si. The van der Waals surface area contributed by atoms with Crippen molar-refractivity contribution in [2.45, 2.75) is 117 Å². The fourth-order valence-corrected chi connectivity index (χ4v) is 9.03. The molecule has 184 valence electrons. The fraction of sp³-hybridized carbons (Fsp3) is 0.885. The molecule has 7 atom stereocenters. The van der Waals surface area contributed by atoms with Crippen molar-refractivity contribution < 1.29 is 23.4 Å². The lowest BCUT2D eigenvalue weighted by Gasteiger charge is -2.47. The van der Waals surface area contributed by atoms with Crippen molar-refractivity contribution in [3.63, 3.8) is 0 Å². The molecule has 2 aliphatic heterocycles. The summed E-state index contributed by atoms with van der Waals surface area (Å²) in [5, 5.41) is 0. The molecule has 2 heterocycles. The van der Waals surface area contributed by atoms with E-state index in [1.165, 1.54) is 0 Å². The summed E-state index contributed by atoms with van der Waals surface area (Å²) in [5.41, 5.74) is 0.303. The monoisotopic (exact) mass is 466 g/mol. The third-order valence-corrected chi connectivity index (χ3v) is 13.0. The first kappa shape index (κ1) is 25.9. The third kappa shape index (κ3) is 4.37. The Morgan fingerprint density at radius 3 is 2.31 bits per heavy atom. The van der Waals surface area contributed by atoms with Crippen LogP contribution in [0.2, 0.25) is 18.1 Å². The predicted octanol–water partition coefficient (Wildman–Crippen LogP) is 6.09. The van der Waals surface area contributed by atoms with Gasteiger partial charge in [-0.25, -0.2) is 0 Å². The SMILES string of the molecule is CC[Si](CC)(CC)O[C@]12C[C@H]1[C@H]1O[C@]2(C)O[C@H]([C@H](C)/C=C(\C)COC(=O)C(C)(C)C)[C@H]1C. The van der Waals surface area contributed by atoms with Crippen molar-refractivity contribution in [2.24, 2.45) is 23.2 Å². The summed E-state index contributed by atoms with van der Waals surface area (Å²) in [6.07, 6.45) is 3.51. The molecule has 1 aliphatic carbocycles. The lowest BCUT2D eigenvalue weighted by Crippen LogP contribution is -2.57. The van der Waals surface area contributed by atoms with Crippen molar-refractivity contribution in [3.8, 4) is 0 Å². The van der Waals surface area contributed by atoms with E-state index in [1.54, 1.807) is 0 Å². The van der Waals surface area contributed by atoms with Crippen LogP contribution >= 0.6 is 0 Å². The molecule has 0 amide bonds. The highest BCUT2D eigenvalue weighted by atomic mass is 28.4. The molecular weight excluding hydrogens is 420 g/mol. The minimum Gasteiger partial charge on any atom is -0.461 e. The summed E-state index contributed by atoms with van der Waals surface area (Å²) in [5.74, 6) is 0.0801. The van der Waals surface area contributed by atoms with E-state index in [0.29, 0.717) is 12.5 Å². The molecule has 0 aromatic heterocycles. The summed E-state index contributed by atoms with van der Waals surface area (Å²) >= 11 is 0. The first-order valence-electron chi connectivity index (χ1n) is 12.7. The molecule has 3 aliphatic rings. The molecule has 0 radical (unpaired) electrons. The van der Waals surface area contributed by atoms with Crippen LogP contribution in [0.15, 0.2) is 11.6 Å². The minimum atomic E-state index is -1.77. The number of rotatable bonds is 9. The molecule has 0 aromatic rings. The maximum absolute atomic E-state index is 12.1. The van der Waals surface area contributed by atoms with Gasteiger partial charge in [-0.05, 0) is 64.7 Å². The molecule has 6 heteroatoms. The van der Waals surface area contributed by atoms with Crippen LogP contribution in [0, 0.1) is 23.2 Å². The second-order valence-corrected chi connectivity index (χ2v) is 16.4. The van der Waals surface area contributed by atoms with E-state index in [4.69, 9.17) is 18.6 Å². The van der Waals surface area contributed by atoms with Crippen molar-refractivity contribution in [1.82, 2.24) is 0 Å². The van der Waals surface area contributed by atoms with Gasteiger partial charge in [0.15, 0.2) is 14.1 Å². The lowest BCUT2D eigenvalue weighted by molar-refractivity contribution is -0.337. The van der Waals surface area contributed by atoms with Crippen molar-refractivity contribution in [2.75, 3.05) is 6.61 Å². The van der Waals surface area contributed by atoms with E-state index in [9.17, 15) is 4.79 Å². The predicted molar refractivity (Wildman–Crippen MR) is 130 cm³/mol. The van der Waals surface area contributed by atoms with Gasteiger partial charge in [-0.1, -0.05) is 40.7 Å². The Hall–Kier alpha value is -0.693. The number of fused-ring (bicyclic) bond motifs is 5. The van der Waals surface area contributed by atoms with Crippen molar-refractivity contribution in [1.29, 1.82) is 0 Å². The highest BCUT2D eigenvalue weighted by molar-refractivity contribution is 6.73. The maximum Gasteiger partial charge on any atom is 0.311 e. The molecule has 2 bridgehead atoms. The zero-order valence-corrected chi connectivity index (χ0v) is 23.0. The Morgan fingerprint density at radius 2 is 1.78 bits per heavy atom.